The van der Waals surface area contributed by atoms with E-state index in [0.717, 1.165) is 26.2 Å². The number of anilines is 2. The average Bonchev–Trinajstić information content (AvgIpc) is 2.83. The van der Waals surface area contributed by atoms with Crippen LogP contribution in [-0.2, 0) is 6.54 Å². The minimum Gasteiger partial charge on any atom is -0.383 e. The van der Waals surface area contributed by atoms with Crippen LogP contribution in [0.1, 0.15) is 30.9 Å². The number of rotatable bonds is 4. The van der Waals surface area contributed by atoms with Crippen LogP contribution in [-0.4, -0.2) is 19.6 Å². The van der Waals surface area contributed by atoms with Crippen LogP contribution >= 0.6 is 0 Å². The number of nitrogens with one attached hydrogen (secondary N) is 3. The molecule has 3 rings (SSSR count). The van der Waals surface area contributed by atoms with Gasteiger partial charge in [0.2, 0.25) is 0 Å². The molecular weight excluding hydrogens is 282 g/mol. The summed E-state index contributed by atoms with van der Waals surface area (Å²) >= 11 is 0. The van der Waals surface area contributed by atoms with Gasteiger partial charge in [0.05, 0.1) is 11.4 Å². The number of hydrogen-bond acceptors (Lipinski definition) is 3. The number of fused-ring (bicyclic) bond motifs is 1. The van der Waals surface area contributed by atoms with Gasteiger partial charge < -0.3 is 16.0 Å². The SMILES string of the molecule is CCCNCc1ccccc1C.c1ccc2c(c1)NCCCN2. The molecule has 3 N–H and O–H groups in total. The average molecular weight is 311 g/mol. The molecule has 0 aliphatic carbocycles. The zero-order valence-electron chi connectivity index (χ0n) is 14.4. The lowest BCUT2D eigenvalue weighted by Crippen LogP contribution is -2.14. The molecule has 3 heteroatoms. The smallest absolute Gasteiger partial charge is 0.0576 e. The van der Waals surface area contributed by atoms with E-state index >= 15 is 0 Å². The zero-order chi connectivity index (χ0) is 16.3. The molecule has 2 aromatic carbocycles. The third-order valence-corrected chi connectivity index (χ3v) is 3.92. The molecule has 0 fully saturated rings. The summed E-state index contributed by atoms with van der Waals surface area (Å²) < 4.78 is 0. The van der Waals surface area contributed by atoms with E-state index in [0.29, 0.717) is 0 Å². The Bertz CT molecular complexity index is 556. The third-order valence-electron chi connectivity index (χ3n) is 3.92. The maximum Gasteiger partial charge on any atom is 0.0576 e. The normalized spacial score (nSPS) is 12.8. The Morgan fingerprint density at radius 2 is 1.52 bits per heavy atom. The molecule has 124 valence electrons. The van der Waals surface area contributed by atoms with Crippen LogP contribution in [0, 0.1) is 6.92 Å². The predicted molar refractivity (Wildman–Crippen MR) is 101 cm³/mol. The molecule has 0 atom stereocenters. The van der Waals surface area contributed by atoms with Gasteiger partial charge in [0, 0.05) is 19.6 Å². The first-order valence-corrected chi connectivity index (χ1v) is 8.63. The first kappa shape index (κ1) is 17.4. The van der Waals surface area contributed by atoms with Crippen LogP contribution in [0.5, 0.6) is 0 Å². The van der Waals surface area contributed by atoms with Gasteiger partial charge in [-0.3, -0.25) is 0 Å². The van der Waals surface area contributed by atoms with E-state index in [9.17, 15) is 0 Å². The molecule has 0 amide bonds. The van der Waals surface area contributed by atoms with Crippen LogP contribution in [0.3, 0.4) is 0 Å². The first-order chi connectivity index (χ1) is 11.3. The highest BCUT2D eigenvalue weighted by Crippen LogP contribution is 2.22. The second kappa shape index (κ2) is 9.90. The molecule has 1 aliphatic rings. The molecule has 2 aromatic rings. The number of para-hydroxylation sites is 2. The molecule has 1 aliphatic heterocycles. The van der Waals surface area contributed by atoms with Crippen molar-refractivity contribution in [2.45, 2.75) is 33.2 Å². The highest BCUT2D eigenvalue weighted by Gasteiger charge is 2.02. The fraction of sp³-hybridized carbons (Fsp3) is 0.400. The van der Waals surface area contributed by atoms with Gasteiger partial charge in [0.1, 0.15) is 0 Å². The highest BCUT2D eigenvalue weighted by atomic mass is 15.0. The summed E-state index contributed by atoms with van der Waals surface area (Å²) in [5.74, 6) is 0. The summed E-state index contributed by atoms with van der Waals surface area (Å²) in [4.78, 5) is 0. The molecule has 0 bridgehead atoms. The van der Waals surface area contributed by atoms with Crippen molar-refractivity contribution in [2.24, 2.45) is 0 Å². The van der Waals surface area contributed by atoms with E-state index in [-0.39, 0.29) is 0 Å². The van der Waals surface area contributed by atoms with Crippen molar-refractivity contribution < 1.29 is 0 Å². The maximum atomic E-state index is 3.39. The van der Waals surface area contributed by atoms with Crippen molar-refractivity contribution in [3.05, 3.63) is 59.7 Å². The van der Waals surface area contributed by atoms with Gasteiger partial charge in [-0.05, 0) is 49.6 Å². The monoisotopic (exact) mass is 311 g/mol. The second-order valence-corrected chi connectivity index (χ2v) is 5.86. The second-order valence-electron chi connectivity index (χ2n) is 5.86. The van der Waals surface area contributed by atoms with E-state index < -0.39 is 0 Å². The predicted octanol–water partition coefficient (Wildman–Crippen LogP) is 4.41. The Morgan fingerprint density at radius 1 is 0.913 bits per heavy atom. The summed E-state index contributed by atoms with van der Waals surface area (Å²) in [6.07, 6.45) is 2.39. The van der Waals surface area contributed by atoms with E-state index in [4.69, 9.17) is 0 Å². The summed E-state index contributed by atoms with van der Waals surface area (Å²) in [6.45, 7) is 8.59. The van der Waals surface area contributed by atoms with Crippen LogP contribution < -0.4 is 16.0 Å². The van der Waals surface area contributed by atoms with E-state index in [1.54, 1.807) is 0 Å². The maximum absolute atomic E-state index is 3.39. The molecule has 0 saturated heterocycles. The lowest BCUT2D eigenvalue weighted by Gasteiger charge is -2.06. The van der Waals surface area contributed by atoms with Crippen molar-refractivity contribution in [2.75, 3.05) is 30.3 Å². The molecule has 1 heterocycles. The third kappa shape index (κ3) is 5.95. The van der Waals surface area contributed by atoms with Crippen molar-refractivity contribution in [1.29, 1.82) is 0 Å². The Hall–Kier alpha value is -2.00. The highest BCUT2D eigenvalue weighted by molar-refractivity contribution is 5.69. The summed E-state index contributed by atoms with van der Waals surface area (Å²) in [5.41, 5.74) is 5.24. The lowest BCUT2D eigenvalue weighted by atomic mass is 10.1. The van der Waals surface area contributed by atoms with Gasteiger partial charge in [-0.25, -0.2) is 0 Å². The van der Waals surface area contributed by atoms with Gasteiger partial charge in [0.25, 0.3) is 0 Å². The molecule has 23 heavy (non-hydrogen) atoms. The van der Waals surface area contributed by atoms with Crippen LogP contribution in [0.2, 0.25) is 0 Å². The van der Waals surface area contributed by atoms with Gasteiger partial charge in [-0.2, -0.15) is 0 Å². The molecule has 0 saturated carbocycles. The number of aryl methyl sites for hydroxylation is 1. The molecule has 3 nitrogen and oxygen atoms in total. The van der Waals surface area contributed by atoms with Gasteiger partial charge in [-0.1, -0.05) is 43.3 Å². The van der Waals surface area contributed by atoms with Gasteiger partial charge in [-0.15, -0.1) is 0 Å². The Labute approximate surface area is 140 Å². The first-order valence-electron chi connectivity index (χ1n) is 8.63. The van der Waals surface area contributed by atoms with Crippen LogP contribution in [0.15, 0.2) is 48.5 Å². The zero-order valence-corrected chi connectivity index (χ0v) is 14.4. The molecule has 0 radical (unpaired) electrons. The fourth-order valence-electron chi connectivity index (χ4n) is 2.53. The standard InChI is InChI=1S/C11H17N.C9H12N2/c1-3-8-12-9-11-7-5-4-6-10(11)2;1-2-5-9-8(4-1)10-6-3-7-11-9/h4-7,12H,3,8-9H2,1-2H3;1-2,4-5,10-11H,3,6-7H2. The van der Waals surface area contributed by atoms with Crippen molar-refractivity contribution in [1.82, 2.24) is 5.32 Å². The van der Waals surface area contributed by atoms with E-state index in [1.165, 1.54) is 35.3 Å². The van der Waals surface area contributed by atoms with Gasteiger partial charge in [0.15, 0.2) is 0 Å². The summed E-state index contributed by atoms with van der Waals surface area (Å²) in [7, 11) is 0. The summed E-state index contributed by atoms with van der Waals surface area (Å²) in [5, 5.41) is 10.1. The largest absolute Gasteiger partial charge is 0.383 e. The minimum absolute atomic E-state index is 1.00. The number of benzene rings is 2. The molecular formula is C20H29N3. The van der Waals surface area contributed by atoms with Crippen LogP contribution in [0.4, 0.5) is 11.4 Å². The number of hydrogen-bond donors (Lipinski definition) is 3. The quantitative estimate of drug-likeness (QED) is 0.732. The Morgan fingerprint density at radius 3 is 2.13 bits per heavy atom. The topological polar surface area (TPSA) is 36.1 Å². The van der Waals surface area contributed by atoms with Crippen LogP contribution in [0.25, 0.3) is 0 Å². The Balaban J connectivity index is 0.000000167. The molecule has 0 unspecified atom stereocenters. The van der Waals surface area contributed by atoms with Gasteiger partial charge >= 0.3 is 0 Å². The fourth-order valence-corrected chi connectivity index (χ4v) is 2.53. The van der Waals surface area contributed by atoms with E-state index in [2.05, 4.69) is 78.3 Å². The van der Waals surface area contributed by atoms with Crippen molar-refractivity contribution >= 4 is 11.4 Å². The van der Waals surface area contributed by atoms with Crippen molar-refractivity contribution in [3.63, 3.8) is 0 Å². The van der Waals surface area contributed by atoms with Crippen molar-refractivity contribution in [3.8, 4) is 0 Å². The molecule has 0 aromatic heterocycles. The van der Waals surface area contributed by atoms with E-state index in [1.807, 2.05) is 0 Å². The summed E-state index contributed by atoms with van der Waals surface area (Å²) in [6, 6.07) is 16.8. The lowest BCUT2D eigenvalue weighted by molar-refractivity contribution is 0.673. The Kier molecular flexibility index (Phi) is 7.47. The minimum atomic E-state index is 1.00. The molecule has 0 spiro atoms.